The normalized spacial score (nSPS) is 4.90. The molecule has 0 aromatic rings. The van der Waals surface area contributed by atoms with Gasteiger partial charge in [0.15, 0.2) is 0 Å². The monoisotopic (exact) mass is 168 g/mol. The van der Waals surface area contributed by atoms with E-state index in [1.54, 1.807) is 11.8 Å². The summed E-state index contributed by atoms with van der Waals surface area (Å²) in [6.45, 7) is 0. The van der Waals surface area contributed by atoms with Crippen LogP contribution in [0.25, 0.3) is 0 Å². The highest BCUT2D eigenvalue weighted by atomic mass is 32.2. The molecule has 0 saturated heterocycles. The van der Waals surface area contributed by atoms with Crippen molar-refractivity contribution in [2.45, 2.75) is 36.1 Å². The zero-order valence-corrected chi connectivity index (χ0v) is 4.62. The molecule has 0 N–H and O–H groups in total. The van der Waals surface area contributed by atoms with Crippen molar-refractivity contribution in [2.75, 3.05) is 12.0 Å². The van der Waals surface area contributed by atoms with Crippen molar-refractivity contribution >= 4 is 18.0 Å². The Kier molecular flexibility index (Phi) is 116. The Morgan fingerprint density at radius 1 is 1.20 bits per heavy atom. The lowest BCUT2D eigenvalue weighted by Crippen LogP contribution is -1.75. The van der Waals surface area contributed by atoms with Crippen molar-refractivity contribution in [1.29, 1.82) is 0 Å². The topological polar surface area (TPSA) is 17.1 Å². The Hall–Kier alpha value is 0.0200. The van der Waals surface area contributed by atoms with E-state index in [9.17, 15) is 4.79 Å². The van der Waals surface area contributed by atoms with Crippen molar-refractivity contribution in [2.24, 2.45) is 0 Å². The summed E-state index contributed by atoms with van der Waals surface area (Å²) >= 11 is 1.69. The summed E-state index contributed by atoms with van der Waals surface area (Å²) in [5.74, 6) is 0.962. The number of aldehydes is 1. The molecule has 2 heteroatoms. The fourth-order valence-corrected chi connectivity index (χ4v) is 0.498. The summed E-state index contributed by atoms with van der Waals surface area (Å²) in [6.07, 6.45) is 3.63. The van der Waals surface area contributed by atoms with Crippen LogP contribution in [0.1, 0.15) is 36.1 Å². The van der Waals surface area contributed by atoms with E-state index in [1.807, 2.05) is 6.26 Å². The number of hydrogen-bond acceptors (Lipinski definition) is 2. The van der Waals surface area contributed by atoms with Gasteiger partial charge in [0.25, 0.3) is 0 Å². The second kappa shape index (κ2) is 35.9. The van der Waals surface area contributed by atoms with Crippen molar-refractivity contribution in [3.05, 3.63) is 0 Å². The predicted molar refractivity (Wildman–Crippen MR) is 56.0 cm³/mol. The molecule has 0 aromatic carbocycles. The number of carbonyl (C=O) groups excluding carboxylic acids is 1. The van der Waals surface area contributed by atoms with E-state index in [-0.39, 0.29) is 29.7 Å². The van der Waals surface area contributed by atoms with Gasteiger partial charge in [-0.1, -0.05) is 29.7 Å². The summed E-state index contributed by atoms with van der Waals surface area (Å²) in [6, 6.07) is 0. The van der Waals surface area contributed by atoms with Gasteiger partial charge < -0.3 is 4.79 Å². The summed E-state index contributed by atoms with van der Waals surface area (Å²) < 4.78 is 0. The standard InChI is InChI=1S/C4H8OS.4CH4/c1-6-4-2-3-5;;;;/h3H,2,4H2,1H3;4*1H4. The van der Waals surface area contributed by atoms with Crippen LogP contribution in [-0.2, 0) is 4.79 Å². The first-order valence-electron chi connectivity index (χ1n) is 1.84. The first-order chi connectivity index (χ1) is 2.91. The molecule has 10 heavy (non-hydrogen) atoms. The Morgan fingerprint density at radius 3 is 1.70 bits per heavy atom. The van der Waals surface area contributed by atoms with E-state index < -0.39 is 0 Å². The maximum atomic E-state index is 9.55. The van der Waals surface area contributed by atoms with Crippen LogP contribution in [0.2, 0.25) is 0 Å². The molecule has 0 heterocycles. The highest BCUT2D eigenvalue weighted by molar-refractivity contribution is 7.98. The molecular weight excluding hydrogens is 144 g/mol. The van der Waals surface area contributed by atoms with Crippen LogP contribution in [0.4, 0.5) is 0 Å². The minimum absolute atomic E-state index is 0. The minimum atomic E-state index is 0. The van der Waals surface area contributed by atoms with E-state index in [0.717, 1.165) is 12.0 Å². The fraction of sp³-hybridized carbons (Fsp3) is 0.875. The molecule has 0 rings (SSSR count). The molecule has 0 saturated carbocycles. The summed E-state index contributed by atoms with van der Waals surface area (Å²) in [4.78, 5) is 9.55. The second-order valence-corrected chi connectivity index (χ2v) is 1.93. The van der Waals surface area contributed by atoms with Crippen molar-refractivity contribution in [1.82, 2.24) is 0 Å². The molecule has 0 radical (unpaired) electrons. The maximum absolute atomic E-state index is 9.55. The zero-order valence-electron chi connectivity index (χ0n) is 3.81. The lowest BCUT2D eigenvalue weighted by atomic mass is 10.6. The van der Waals surface area contributed by atoms with Gasteiger partial charge >= 0.3 is 0 Å². The van der Waals surface area contributed by atoms with Crippen LogP contribution in [0.3, 0.4) is 0 Å². The first kappa shape index (κ1) is 32.3. The highest BCUT2D eigenvalue weighted by Gasteiger charge is 1.74. The van der Waals surface area contributed by atoms with Crippen LogP contribution in [0, 0.1) is 0 Å². The van der Waals surface area contributed by atoms with E-state index in [1.165, 1.54) is 0 Å². The molecule has 0 aliphatic heterocycles. The molecule has 0 bridgehead atoms. The molecule has 68 valence electrons. The van der Waals surface area contributed by atoms with Crippen molar-refractivity contribution in [3.8, 4) is 0 Å². The molecule has 0 unspecified atom stereocenters. The lowest BCUT2D eigenvalue weighted by Gasteiger charge is -1.79. The average Bonchev–Trinajstić information content (AvgIpc) is 1.61. The van der Waals surface area contributed by atoms with Gasteiger partial charge in [-0.05, 0) is 12.0 Å². The molecule has 0 aliphatic rings. The fourth-order valence-electron chi connectivity index (χ4n) is 0.166. The van der Waals surface area contributed by atoms with Gasteiger partial charge in [0, 0.05) is 6.42 Å². The van der Waals surface area contributed by atoms with Crippen LogP contribution < -0.4 is 0 Å². The molecular formula is C8H24OS. The SMILES string of the molecule is C.C.C.C.CSCCC=O. The molecule has 0 spiro atoms. The molecule has 0 amide bonds. The zero-order chi connectivity index (χ0) is 4.83. The van der Waals surface area contributed by atoms with Gasteiger partial charge in [-0.15, -0.1) is 0 Å². The molecule has 1 nitrogen and oxygen atoms in total. The number of rotatable bonds is 3. The smallest absolute Gasteiger partial charge is 0.120 e. The summed E-state index contributed by atoms with van der Waals surface area (Å²) in [5, 5.41) is 0. The Balaban J connectivity index is -0.0000000208. The molecule has 0 aromatic heterocycles. The Labute approximate surface area is 71.6 Å². The largest absolute Gasteiger partial charge is 0.303 e. The molecule has 0 aliphatic carbocycles. The van der Waals surface area contributed by atoms with Gasteiger partial charge in [0.05, 0.1) is 0 Å². The number of thioether (sulfide) groups is 1. The third-order valence-electron chi connectivity index (χ3n) is 0.440. The van der Waals surface area contributed by atoms with Crippen LogP contribution >= 0.6 is 11.8 Å². The van der Waals surface area contributed by atoms with Gasteiger partial charge in [0.1, 0.15) is 6.29 Å². The molecule has 0 atom stereocenters. The minimum Gasteiger partial charge on any atom is -0.303 e. The van der Waals surface area contributed by atoms with E-state index >= 15 is 0 Å². The van der Waals surface area contributed by atoms with Gasteiger partial charge in [-0.2, -0.15) is 11.8 Å². The number of carbonyl (C=O) groups is 1. The van der Waals surface area contributed by atoms with E-state index in [2.05, 4.69) is 0 Å². The predicted octanol–water partition coefficient (Wildman–Crippen LogP) is 3.48. The first-order valence-corrected chi connectivity index (χ1v) is 3.23. The van der Waals surface area contributed by atoms with Crippen LogP contribution in [0.5, 0.6) is 0 Å². The van der Waals surface area contributed by atoms with Crippen LogP contribution in [0.15, 0.2) is 0 Å². The maximum Gasteiger partial charge on any atom is 0.120 e. The summed E-state index contributed by atoms with van der Waals surface area (Å²) in [5.41, 5.74) is 0. The lowest BCUT2D eigenvalue weighted by molar-refractivity contribution is -0.107. The number of hydrogen-bond donors (Lipinski definition) is 0. The average molecular weight is 168 g/mol. The Bertz CT molecular complexity index is 38.2. The van der Waals surface area contributed by atoms with Gasteiger partial charge in [0.2, 0.25) is 0 Å². The summed E-state index contributed by atoms with van der Waals surface area (Å²) in [7, 11) is 0. The third-order valence-corrected chi connectivity index (χ3v) is 1.08. The van der Waals surface area contributed by atoms with E-state index in [0.29, 0.717) is 6.42 Å². The van der Waals surface area contributed by atoms with Crippen molar-refractivity contribution < 1.29 is 4.79 Å². The van der Waals surface area contributed by atoms with Gasteiger partial charge in [-0.25, -0.2) is 0 Å². The molecule has 0 fully saturated rings. The van der Waals surface area contributed by atoms with Crippen LogP contribution in [-0.4, -0.2) is 18.3 Å². The van der Waals surface area contributed by atoms with Crippen molar-refractivity contribution in [3.63, 3.8) is 0 Å². The third kappa shape index (κ3) is 43.3. The van der Waals surface area contributed by atoms with Gasteiger partial charge in [-0.3, -0.25) is 0 Å². The van der Waals surface area contributed by atoms with E-state index in [4.69, 9.17) is 0 Å². The quantitative estimate of drug-likeness (QED) is 0.474. The second-order valence-electron chi connectivity index (χ2n) is 0.948. The Morgan fingerprint density at radius 2 is 1.60 bits per heavy atom. The highest BCUT2D eigenvalue weighted by Crippen LogP contribution is 1.90.